The van der Waals surface area contributed by atoms with E-state index in [1.165, 1.54) is 31.0 Å². The van der Waals surface area contributed by atoms with E-state index in [9.17, 15) is 4.79 Å². The molecule has 1 nitrogen and oxygen atoms in total. The Morgan fingerprint density at radius 3 is 2.86 bits per heavy atom. The van der Waals surface area contributed by atoms with Crippen LogP contribution in [0.15, 0.2) is 12.2 Å². The van der Waals surface area contributed by atoms with Crippen molar-refractivity contribution < 1.29 is 4.79 Å². The average Bonchev–Trinajstić information content (AvgIpc) is 2.18. The van der Waals surface area contributed by atoms with Gasteiger partial charge in [0.05, 0.1) is 5.41 Å². The van der Waals surface area contributed by atoms with Crippen LogP contribution in [0.3, 0.4) is 0 Å². The van der Waals surface area contributed by atoms with E-state index < -0.39 is 0 Å². The highest BCUT2D eigenvalue weighted by Gasteiger charge is 2.32. The summed E-state index contributed by atoms with van der Waals surface area (Å²) in [5, 5.41) is 0.346. The van der Waals surface area contributed by atoms with Crippen LogP contribution in [0.1, 0.15) is 45.4 Å². The smallest absolute Gasteiger partial charge is 0.198 e. The van der Waals surface area contributed by atoms with E-state index in [0.717, 1.165) is 19.3 Å². The molecule has 1 rings (SSSR count). The zero-order valence-electron chi connectivity index (χ0n) is 9.21. The number of carbonyl (C=O) groups excluding carboxylic acids is 1. The van der Waals surface area contributed by atoms with Gasteiger partial charge in [0.15, 0.2) is 5.12 Å². The first kappa shape index (κ1) is 11.8. The van der Waals surface area contributed by atoms with Gasteiger partial charge in [0.2, 0.25) is 0 Å². The lowest BCUT2D eigenvalue weighted by Crippen LogP contribution is -2.26. The molecule has 1 atom stereocenters. The van der Waals surface area contributed by atoms with Crippen LogP contribution in [-0.4, -0.2) is 11.4 Å². The van der Waals surface area contributed by atoms with Crippen molar-refractivity contribution >= 4 is 16.9 Å². The minimum Gasteiger partial charge on any atom is -0.286 e. The van der Waals surface area contributed by atoms with Gasteiger partial charge >= 0.3 is 0 Å². The van der Waals surface area contributed by atoms with E-state index in [1.807, 2.05) is 6.26 Å². The molecule has 1 aliphatic carbocycles. The predicted octanol–water partition coefficient (Wildman–Crippen LogP) is 3.79. The maximum Gasteiger partial charge on any atom is 0.198 e. The Morgan fingerprint density at radius 1 is 1.43 bits per heavy atom. The van der Waals surface area contributed by atoms with Crippen molar-refractivity contribution in [1.29, 1.82) is 0 Å². The van der Waals surface area contributed by atoms with Gasteiger partial charge in [-0.25, -0.2) is 0 Å². The number of carbonyl (C=O) groups is 1. The Balaban J connectivity index is 2.82. The molecule has 0 N–H and O–H groups in total. The molecule has 0 aliphatic heterocycles. The fraction of sp³-hybridized carbons (Fsp3) is 0.750. The molecular weight excluding hydrogens is 192 g/mol. The molecule has 0 heterocycles. The van der Waals surface area contributed by atoms with Gasteiger partial charge in [0, 0.05) is 0 Å². The summed E-state index contributed by atoms with van der Waals surface area (Å²) in [4.78, 5) is 11.9. The van der Waals surface area contributed by atoms with E-state index in [2.05, 4.69) is 19.1 Å². The van der Waals surface area contributed by atoms with Crippen LogP contribution in [0.25, 0.3) is 0 Å². The Labute approximate surface area is 91.3 Å². The van der Waals surface area contributed by atoms with Gasteiger partial charge < -0.3 is 0 Å². The SMILES string of the molecule is CCC1(C(=O)SC)/C=C/CCCCC1. The van der Waals surface area contributed by atoms with Crippen molar-refractivity contribution in [3.05, 3.63) is 12.2 Å². The van der Waals surface area contributed by atoms with Crippen LogP contribution in [-0.2, 0) is 4.79 Å². The molecule has 0 saturated carbocycles. The van der Waals surface area contributed by atoms with E-state index >= 15 is 0 Å². The molecule has 14 heavy (non-hydrogen) atoms. The van der Waals surface area contributed by atoms with Gasteiger partial charge in [-0.3, -0.25) is 4.79 Å². The van der Waals surface area contributed by atoms with Gasteiger partial charge in [0.1, 0.15) is 0 Å². The van der Waals surface area contributed by atoms with Gasteiger partial charge in [0.25, 0.3) is 0 Å². The van der Waals surface area contributed by atoms with Crippen molar-refractivity contribution in [2.24, 2.45) is 5.41 Å². The highest BCUT2D eigenvalue weighted by atomic mass is 32.2. The molecule has 0 saturated heterocycles. The predicted molar refractivity (Wildman–Crippen MR) is 63.5 cm³/mol. The number of hydrogen-bond acceptors (Lipinski definition) is 2. The summed E-state index contributed by atoms with van der Waals surface area (Å²) in [5.41, 5.74) is -0.153. The summed E-state index contributed by atoms with van der Waals surface area (Å²) in [6.45, 7) is 2.13. The number of thioether (sulfide) groups is 1. The van der Waals surface area contributed by atoms with Crippen molar-refractivity contribution in [2.45, 2.75) is 45.4 Å². The molecule has 0 radical (unpaired) electrons. The first-order valence-corrected chi connectivity index (χ1v) is 6.74. The maximum absolute atomic E-state index is 11.9. The van der Waals surface area contributed by atoms with E-state index in [-0.39, 0.29) is 5.41 Å². The normalized spacial score (nSPS) is 30.4. The molecule has 80 valence electrons. The van der Waals surface area contributed by atoms with Crippen LogP contribution >= 0.6 is 11.8 Å². The molecule has 0 spiro atoms. The Morgan fingerprint density at radius 2 is 2.21 bits per heavy atom. The zero-order chi connectivity index (χ0) is 10.4. The third-order valence-corrected chi connectivity index (χ3v) is 3.93. The molecule has 1 unspecified atom stereocenters. The molecule has 0 aromatic heterocycles. The van der Waals surface area contributed by atoms with Crippen molar-refractivity contribution in [1.82, 2.24) is 0 Å². The average molecular weight is 212 g/mol. The van der Waals surface area contributed by atoms with Gasteiger partial charge in [-0.05, 0) is 31.9 Å². The fourth-order valence-electron chi connectivity index (χ4n) is 2.08. The van der Waals surface area contributed by atoms with Crippen LogP contribution in [0.2, 0.25) is 0 Å². The zero-order valence-corrected chi connectivity index (χ0v) is 10.0. The molecule has 0 fully saturated rings. The van der Waals surface area contributed by atoms with Crippen molar-refractivity contribution in [3.63, 3.8) is 0 Å². The molecule has 0 aromatic rings. The molecular formula is C12H20OS. The Hall–Kier alpha value is -0.240. The lowest BCUT2D eigenvalue weighted by molar-refractivity contribution is -0.118. The quantitative estimate of drug-likeness (QED) is 0.648. The Kier molecular flexibility index (Phi) is 4.73. The number of hydrogen-bond donors (Lipinski definition) is 0. The van der Waals surface area contributed by atoms with Gasteiger partial charge in [-0.2, -0.15) is 0 Å². The third kappa shape index (κ3) is 2.63. The summed E-state index contributed by atoms with van der Waals surface area (Å²) in [6, 6.07) is 0. The standard InChI is InChI=1S/C12H20OS/c1-3-12(11(13)14-2)9-7-5-4-6-8-10-12/h7,9H,3-6,8,10H2,1-2H3/b9-7+. The number of rotatable bonds is 2. The summed E-state index contributed by atoms with van der Waals surface area (Å²) in [5.74, 6) is 0. The van der Waals surface area contributed by atoms with Crippen LogP contribution in [0.5, 0.6) is 0 Å². The first-order valence-electron chi connectivity index (χ1n) is 5.51. The summed E-state index contributed by atoms with van der Waals surface area (Å²) in [6.07, 6.45) is 13.2. The lowest BCUT2D eigenvalue weighted by Gasteiger charge is -2.28. The van der Waals surface area contributed by atoms with E-state index in [0.29, 0.717) is 5.12 Å². The second kappa shape index (κ2) is 5.59. The third-order valence-electron chi connectivity index (χ3n) is 3.15. The summed E-state index contributed by atoms with van der Waals surface area (Å²) >= 11 is 1.38. The van der Waals surface area contributed by atoms with Crippen LogP contribution in [0, 0.1) is 5.41 Å². The second-order valence-corrected chi connectivity index (χ2v) is 4.78. The molecule has 0 amide bonds. The van der Waals surface area contributed by atoms with Crippen LogP contribution in [0.4, 0.5) is 0 Å². The van der Waals surface area contributed by atoms with Gasteiger partial charge in [-0.15, -0.1) is 0 Å². The topological polar surface area (TPSA) is 17.1 Å². The first-order chi connectivity index (χ1) is 6.75. The van der Waals surface area contributed by atoms with E-state index in [4.69, 9.17) is 0 Å². The molecule has 0 aromatic carbocycles. The minimum atomic E-state index is -0.153. The summed E-state index contributed by atoms with van der Waals surface area (Å²) in [7, 11) is 0. The monoisotopic (exact) mass is 212 g/mol. The molecule has 1 aliphatic rings. The molecule has 2 heteroatoms. The van der Waals surface area contributed by atoms with Crippen molar-refractivity contribution in [2.75, 3.05) is 6.26 Å². The maximum atomic E-state index is 11.9. The van der Waals surface area contributed by atoms with Crippen molar-refractivity contribution in [3.8, 4) is 0 Å². The van der Waals surface area contributed by atoms with Crippen LogP contribution < -0.4 is 0 Å². The number of allylic oxidation sites excluding steroid dienone is 2. The van der Waals surface area contributed by atoms with Gasteiger partial charge in [-0.1, -0.05) is 43.7 Å². The largest absolute Gasteiger partial charge is 0.286 e. The Bertz CT molecular complexity index is 222. The molecule has 0 bridgehead atoms. The van der Waals surface area contributed by atoms with E-state index in [1.54, 1.807) is 0 Å². The summed E-state index contributed by atoms with van der Waals surface area (Å²) < 4.78 is 0. The minimum absolute atomic E-state index is 0.153. The highest BCUT2D eigenvalue weighted by Crippen LogP contribution is 2.36. The lowest BCUT2D eigenvalue weighted by atomic mass is 9.79. The highest BCUT2D eigenvalue weighted by molar-refractivity contribution is 8.13. The second-order valence-electron chi connectivity index (χ2n) is 4.00. The fourth-order valence-corrected chi connectivity index (χ4v) is 2.80.